The van der Waals surface area contributed by atoms with E-state index in [-0.39, 0.29) is 0 Å². The second-order valence-electron chi connectivity index (χ2n) is 7.20. The third kappa shape index (κ3) is 3.92. The smallest absolute Gasteiger partial charge is 0.119 e. The van der Waals surface area contributed by atoms with E-state index in [1.54, 1.807) is 11.8 Å². The molecule has 0 spiro atoms. The van der Waals surface area contributed by atoms with Crippen molar-refractivity contribution in [1.29, 1.82) is 0 Å². The van der Waals surface area contributed by atoms with Crippen LogP contribution in [0.4, 0.5) is 0 Å². The molecule has 0 fully saturated rings. The van der Waals surface area contributed by atoms with Gasteiger partial charge in [-0.2, -0.15) is 5.10 Å². The van der Waals surface area contributed by atoms with Crippen LogP contribution in [-0.4, -0.2) is 51.0 Å². The van der Waals surface area contributed by atoms with Crippen molar-refractivity contribution in [1.82, 2.24) is 24.6 Å². The molecule has 1 aliphatic heterocycles. The van der Waals surface area contributed by atoms with Gasteiger partial charge in [0.2, 0.25) is 0 Å². The molecular weight excluding hydrogens is 354 g/mol. The number of fused-ring (bicyclic) bond motifs is 1. The third-order valence-corrected chi connectivity index (χ3v) is 5.69. The number of nitrogens with zero attached hydrogens (tertiary/aromatic N) is 5. The average molecular weight is 380 g/mol. The molecule has 3 aromatic heterocycles. The molecule has 27 heavy (non-hydrogen) atoms. The van der Waals surface area contributed by atoms with Gasteiger partial charge in [-0.3, -0.25) is 9.67 Å². The van der Waals surface area contributed by atoms with E-state index in [1.165, 1.54) is 16.8 Å². The van der Waals surface area contributed by atoms with Crippen LogP contribution < -0.4 is 0 Å². The maximum atomic E-state index is 4.91. The monoisotopic (exact) mass is 379 g/mol. The van der Waals surface area contributed by atoms with E-state index in [2.05, 4.69) is 52.9 Å². The van der Waals surface area contributed by atoms with Crippen LogP contribution in [0.3, 0.4) is 0 Å². The van der Waals surface area contributed by atoms with E-state index in [1.807, 2.05) is 19.2 Å². The van der Waals surface area contributed by atoms with E-state index in [9.17, 15) is 0 Å². The summed E-state index contributed by atoms with van der Waals surface area (Å²) in [4.78, 5) is 11.5. The fourth-order valence-electron chi connectivity index (χ4n) is 3.47. The van der Waals surface area contributed by atoms with Crippen molar-refractivity contribution in [3.05, 3.63) is 47.9 Å². The number of aromatic nitrogens is 4. The lowest BCUT2D eigenvalue weighted by molar-refractivity contribution is 0.437. The molecule has 0 aromatic carbocycles. The van der Waals surface area contributed by atoms with Crippen LogP contribution >= 0.6 is 11.8 Å². The van der Waals surface area contributed by atoms with Gasteiger partial charge in [0.15, 0.2) is 0 Å². The fourth-order valence-corrected chi connectivity index (χ4v) is 4.48. The highest BCUT2D eigenvalue weighted by atomic mass is 32.2. The van der Waals surface area contributed by atoms with Crippen LogP contribution in [0.15, 0.2) is 41.6 Å². The molecule has 0 saturated heterocycles. The van der Waals surface area contributed by atoms with Crippen LogP contribution in [0, 0.1) is 6.92 Å². The van der Waals surface area contributed by atoms with E-state index in [0.29, 0.717) is 0 Å². The van der Waals surface area contributed by atoms with E-state index >= 15 is 0 Å². The van der Waals surface area contributed by atoms with Crippen molar-refractivity contribution in [3.8, 4) is 22.5 Å². The second-order valence-corrected chi connectivity index (χ2v) is 8.31. The van der Waals surface area contributed by atoms with Gasteiger partial charge >= 0.3 is 0 Å². The standard InChI is InChI=1S/C21H25N5S/c1-15-6-4-7-17(23-15)21-20(18-8-5-11-26(18)24-21)16-9-10-22-19(14-16)27-13-12-25(2)3/h4,6-7,9-10,14H,5,8,11-13H2,1-3H3. The Morgan fingerprint density at radius 3 is 2.93 bits per heavy atom. The van der Waals surface area contributed by atoms with Gasteiger partial charge in [0, 0.05) is 42.0 Å². The van der Waals surface area contributed by atoms with Crippen LogP contribution in [0.1, 0.15) is 17.8 Å². The number of rotatable bonds is 6. The summed E-state index contributed by atoms with van der Waals surface area (Å²) < 4.78 is 2.16. The molecule has 140 valence electrons. The van der Waals surface area contributed by atoms with E-state index < -0.39 is 0 Å². The lowest BCUT2D eigenvalue weighted by atomic mass is 10.0. The first-order valence-corrected chi connectivity index (χ1v) is 10.4. The molecule has 5 nitrogen and oxygen atoms in total. The molecule has 0 amide bonds. The summed E-state index contributed by atoms with van der Waals surface area (Å²) in [5.74, 6) is 1.03. The molecule has 1 aliphatic rings. The minimum atomic E-state index is 0.950. The quantitative estimate of drug-likeness (QED) is 0.608. The molecule has 4 rings (SSSR count). The highest BCUT2D eigenvalue weighted by Crippen LogP contribution is 2.37. The molecule has 3 aromatic rings. The van der Waals surface area contributed by atoms with Gasteiger partial charge in [0.05, 0.1) is 10.7 Å². The Bertz CT molecular complexity index is 947. The summed E-state index contributed by atoms with van der Waals surface area (Å²) in [7, 11) is 4.20. The van der Waals surface area contributed by atoms with Crippen molar-refractivity contribution in [2.45, 2.75) is 31.3 Å². The van der Waals surface area contributed by atoms with E-state index in [0.717, 1.165) is 53.8 Å². The van der Waals surface area contributed by atoms with Crippen LogP contribution in [0.2, 0.25) is 0 Å². The van der Waals surface area contributed by atoms with Crippen molar-refractivity contribution in [2.75, 3.05) is 26.4 Å². The number of hydrogen-bond acceptors (Lipinski definition) is 5. The zero-order valence-electron chi connectivity index (χ0n) is 16.1. The lowest BCUT2D eigenvalue weighted by Crippen LogP contribution is -2.14. The van der Waals surface area contributed by atoms with Gasteiger partial charge in [0.25, 0.3) is 0 Å². The topological polar surface area (TPSA) is 46.8 Å². The summed E-state index contributed by atoms with van der Waals surface area (Å²) >= 11 is 1.80. The zero-order chi connectivity index (χ0) is 18.8. The van der Waals surface area contributed by atoms with Crippen molar-refractivity contribution in [2.24, 2.45) is 0 Å². The van der Waals surface area contributed by atoms with Gasteiger partial charge in [-0.1, -0.05) is 6.07 Å². The molecular formula is C21H25N5S. The van der Waals surface area contributed by atoms with Crippen molar-refractivity contribution in [3.63, 3.8) is 0 Å². The predicted molar refractivity (Wildman–Crippen MR) is 111 cm³/mol. The molecule has 0 atom stereocenters. The first-order valence-electron chi connectivity index (χ1n) is 9.39. The Morgan fingerprint density at radius 1 is 1.22 bits per heavy atom. The summed E-state index contributed by atoms with van der Waals surface area (Å²) in [5, 5.41) is 5.98. The van der Waals surface area contributed by atoms with Gasteiger partial charge in [-0.15, -0.1) is 11.8 Å². The average Bonchev–Trinajstić information content (AvgIpc) is 3.22. The zero-order valence-corrected chi connectivity index (χ0v) is 17.0. The maximum absolute atomic E-state index is 4.91. The highest BCUT2D eigenvalue weighted by Gasteiger charge is 2.24. The number of hydrogen-bond donors (Lipinski definition) is 0. The Morgan fingerprint density at radius 2 is 2.11 bits per heavy atom. The largest absolute Gasteiger partial charge is 0.309 e. The Balaban J connectivity index is 1.73. The summed E-state index contributed by atoms with van der Waals surface area (Å²) in [6, 6.07) is 10.4. The molecule has 0 aliphatic carbocycles. The van der Waals surface area contributed by atoms with Gasteiger partial charge in [0.1, 0.15) is 5.69 Å². The Kier molecular flexibility index (Phi) is 5.27. The fraction of sp³-hybridized carbons (Fsp3) is 0.381. The normalized spacial score (nSPS) is 13.3. The number of aryl methyl sites for hydroxylation is 2. The summed E-state index contributed by atoms with van der Waals surface area (Å²) in [5.41, 5.74) is 6.70. The molecule has 0 bridgehead atoms. The Labute approximate surface area is 164 Å². The molecule has 0 unspecified atom stereocenters. The molecule has 0 radical (unpaired) electrons. The Hall–Kier alpha value is -2.18. The molecule has 0 saturated carbocycles. The number of pyridine rings is 2. The SMILES string of the molecule is Cc1cccc(-c2nn3c(c2-c2ccnc(SCCN(C)C)c2)CCC3)n1. The minimum absolute atomic E-state index is 0.950. The van der Waals surface area contributed by atoms with Gasteiger partial charge in [-0.05, 0) is 63.7 Å². The summed E-state index contributed by atoms with van der Waals surface area (Å²) in [6.45, 7) is 4.06. The molecule has 4 heterocycles. The van der Waals surface area contributed by atoms with Gasteiger partial charge in [-0.25, -0.2) is 4.98 Å². The van der Waals surface area contributed by atoms with Crippen LogP contribution in [-0.2, 0) is 13.0 Å². The predicted octanol–water partition coefficient (Wildman–Crippen LogP) is 3.92. The lowest BCUT2D eigenvalue weighted by Gasteiger charge is -2.10. The molecule has 6 heteroatoms. The highest BCUT2D eigenvalue weighted by molar-refractivity contribution is 7.99. The first kappa shape index (κ1) is 18.2. The van der Waals surface area contributed by atoms with Crippen LogP contribution in [0.5, 0.6) is 0 Å². The second kappa shape index (κ2) is 7.82. The van der Waals surface area contributed by atoms with Crippen molar-refractivity contribution < 1.29 is 0 Å². The summed E-state index contributed by atoms with van der Waals surface area (Å²) in [6.07, 6.45) is 4.14. The van der Waals surface area contributed by atoms with Crippen LogP contribution in [0.25, 0.3) is 22.5 Å². The first-order chi connectivity index (χ1) is 13.1. The number of thioether (sulfide) groups is 1. The maximum Gasteiger partial charge on any atom is 0.119 e. The minimum Gasteiger partial charge on any atom is -0.309 e. The van der Waals surface area contributed by atoms with Gasteiger partial charge < -0.3 is 4.90 Å². The van der Waals surface area contributed by atoms with E-state index in [4.69, 9.17) is 10.1 Å². The molecule has 0 N–H and O–H groups in total. The third-order valence-electron chi connectivity index (χ3n) is 4.78. The van der Waals surface area contributed by atoms with Crippen molar-refractivity contribution >= 4 is 11.8 Å².